The van der Waals surface area contributed by atoms with Gasteiger partial charge in [-0.15, -0.1) is 0 Å². The quantitative estimate of drug-likeness (QED) is 0.518. The van der Waals surface area contributed by atoms with Gasteiger partial charge in [-0.05, 0) is 62.1 Å². The van der Waals surface area contributed by atoms with Crippen LogP contribution in [0.15, 0.2) is 30.3 Å². The molecule has 0 aliphatic carbocycles. The third-order valence-electron chi connectivity index (χ3n) is 4.17. The van der Waals surface area contributed by atoms with E-state index in [-0.39, 0.29) is 0 Å². The van der Waals surface area contributed by atoms with Crippen LogP contribution in [0.25, 0.3) is 21.8 Å². The van der Waals surface area contributed by atoms with Gasteiger partial charge in [0.15, 0.2) is 0 Å². The van der Waals surface area contributed by atoms with Crippen LogP contribution in [0.3, 0.4) is 0 Å². The second-order valence-corrected chi connectivity index (χ2v) is 5.08. The third kappa shape index (κ3) is 1.43. The Kier molecular flexibility index (Phi) is 2.37. The van der Waals surface area contributed by atoms with Gasteiger partial charge in [0.25, 0.3) is 0 Å². The molecule has 0 fully saturated rings. The zero-order valence-electron chi connectivity index (χ0n) is 11.3. The van der Waals surface area contributed by atoms with Crippen molar-refractivity contribution in [3.8, 4) is 0 Å². The summed E-state index contributed by atoms with van der Waals surface area (Å²) in [7, 11) is 0. The van der Waals surface area contributed by atoms with Crippen LogP contribution in [0.5, 0.6) is 0 Å². The normalized spacial score (nSPS) is 11.3. The van der Waals surface area contributed by atoms with Crippen LogP contribution in [0.2, 0.25) is 0 Å². The Morgan fingerprint density at radius 1 is 0.778 bits per heavy atom. The van der Waals surface area contributed by atoms with E-state index in [9.17, 15) is 0 Å². The van der Waals surface area contributed by atoms with Crippen LogP contribution in [0.4, 0.5) is 0 Å². The van der Waals surface area contributed by atoms with Crippen LogP contribution in [-0.4, -0.2) is 4.98 Å². The molecule has 0 aliphatic heterocycles. The molecule has 3 rings (SSSR count). The molecule has 0 spiro atoms. The summed E-state index contributed by atoms with van der Waals surface area (Å²) in [5.74, 6) is 0. The van der Waals surface area contributed by atoms with Crippen LogP contribution in [-0.2, 0) is 0 Å². The van der Waals surface area contributed by atoms with Gasteiger partial charge in [0, 0.05) is 10.8 Å². The fourth-order valence-electron chi connectivity index (χ4n) is 2.63. The van der Waals surface area contributed by atoms with Crippen molar-refractivity contribution < 1.29 is 0 Å². The molecule has 0 unspecified atom stereocenters. The molecule has 0 radical (unpaired) electrons. The molecule has 1 heteroatoms. The van der Waals surface area contributed by atoms with E-state index in [4.69, 9.17) is 4.98 Å². The van der Waals surface area contributed by atoms with Gasteiger partial charge in [-0.1, -0.05) is 18.2 Å². The van der Waals surface area contributed by atoms with Gasteiger partial charge < -0.3 is 0 Å². The minimum Gasteiger partial charge on any atom is -0.247 e. The summed E-state index contributed by atoms with van der Waals surface area (Å²) in [6.07, 6.45) is 0. The Bertz CT molecular complexity index is 704. The SMILES string of the molecule is Cc1c(C)c(C)c2nc3ccccc3cc2c1C. The highest BCUT2D eigenvalue weighted by molar-refractivity contribution is 5.96. The minimum absolute atomic E-state index is 1.08. The fraction of sp³-hybridized carbons (Fsp3) is 0.235. The fourth-order valence-corrected chi connectivity index (χ4v) is 2.63. The summed E-state index contributed by atoms with van der Waals surface area (Å²) < 4.78 is 0. The Morgan fingerprint density at radius 2 is 1.44 bits per heavy atom. The van der Waals surface area contributed by atoms with Crippen molar-refractivity contribution in [1.82, 2.24) is 4.98 Å². The molecule has 90 valence electrons. The number of fused-ring (bicyclic) bond motifs is 2. The van der Waals surface area contributed by atoms with Gasteiger partial charge >= 0.3 is 0 Å². The average Bonchev–Trinajstić information content (AvgIpc) is 2.41. The first-order chi connectivity index (χ1) is 8.59. The summed E-state index contributed by atoms with van der Waals surface area (Å²) >= 11 is 0. The Balaban J connectivity index is 2.58. The Morgan fingerprint density at radius 3 is 2.22 bits per heavy atom. The summed E-state index contributed by atoms with van der Waals surface area (Å²) in [6, 6.07) is 10.6. The van der Waals surface area contributed by atoms with E-state index in [2.05, 4.69) is 52.0 Å². The van der Waals surface area contributed by atoms with Gasteiger partial charge in [-0.2, -0.15) is 0 Å². The predicted octanol–water partition coefficient (Wildman–Crippen LogP) is 4.62. The largest absolute Gasteiger partial charge is 0.247 e. The lowest BCUT2D eigenvalue weighted by atomic mass is 9.94. The second-order valence-electron chi connectivity index (χ2n) is 5.08. The number of nitrogens with zero attached hydrogens (tertiary/aromatic N) is 1. The predicted molar refractivity (Wildman–Crippen MR) is 78.2 cm³/mol. The number of pyridine rings is 1. The topological polar surface area (TPSA) is 12.9 Å². The van der Waals surface area contributed by atoms with Crippen molar-refractivity contribution >= 4 is 21.8 Å². The van der Waals surface area contributed by atoms with E-state index in [1.807, 2.05) is 6.07 Å². The third-order valence-corrected chi connectivity index (χ3v) is 4.17. The molecule has 0 amide bonds. The number of aromatic nitrogens is 1. The number of para-hydroxylation sites is 1. The van der Waals surface area contributed by atoms with E-state index >= 15 is 0 Å². The molecule has 1 heterocycles. The maximum atomic E-state index is 4.84. The van der Waals surface area contributed by atoms with E-state index in [1.165, 1.54) is 33.0 Å². The summed E-state index contributed by atoms with van der Waals surface area (Å²) in [5, 5.41) is 2.50. The van der Waals surface area contributed by atoms with Gasteiger partial charge in [-0.25, -0.2) is 4.98 Å². The van der Waals surface area contributed by atoms with Crippen molar-refractivity contribution in [2.75, 3.05) is 0 Å². The first-order valence-electron chi connectivity index (χ1n) is 6.35. The summed E-state index contributed by atoms with van der Waals surface area (Å²) in [5.41, 5.74) is 7.63. The maximum Gasteiger partial charge on any atom is 0.0744 e. The lowest BCUT2D eigenvalue weighted by Crippen LogP contribution is -1.96. The van der Waals surface area contributed by atoms with Crippen LogP contribution >= 0.6 is 0 Å². The Hall–Kier alpha value is -1.89. The monoisotopic (exact) mass is 235 g/mol. The molecule has 0 saturated heterocycles. The zero-order valence-corrected chi connectivity index (χ0v) is 11.3. The van der Waals surface area contributed by atoms with E-state index in [1.54, 1.807) is 0 Å². The van der Waals surface area contributed by atoms with E-state index < -0.39 is 0 Å². The molecule has 1 nitrogen and oxygen atoms in total. The first kappa shape index (κ1) is 11.2. The number of rotatable bonds is 0. The van der Waals surface area contributed by atoms with E-state index in [0.29, 0.717) is 0 Å². The molecule has 0 atom stereocenters. The number of aryl methyl sites for hydroxylation is 2. The molecule has 18 heavy (non-hydrogen) atoms. The van der Waals surface area contributed by atoms with Gasteiger partial charge in [-0.3, -0.25) is 0 Å². The van der Waals surface area contributed by atoms with Crippen molar-refractivity contribution in [1.29, 1.82) is 0 Å². The van der Waals surface area contributed by atoms with Crippen molar-refractivity contribution in [2.24, 2.45) is 0 Å². The lowest BCUT2D eigenvalue weighted by molar-refractivity contribution is 1.24. The van der Waals surface area contributed by atoms with Crippen molar-refractivity contribution in [2.45, 2.75) is 27.7 Å². The smallest absolute Gasteiger partial charge is 0.0744 e. The van der Waals surface area contributed by atoms with E-state index in [0.717, 1.165) is 11.0 Å². The number of benzene rings is 2. The zero-order chi connectivity index (χ0) is 12.9. The summed E-state index contributed by atoms with van der Waals surface area (Å²) in [4.78, 5) is 4.84. The molecule has 0 bridgehead atoms. The van der Waals surface area contributed by atoms with Crippen molar-refractivity contribution in [3.63, 3.8) is 0 Å². The maximum absolute atomic E-state index is 4.84. The highest BCUT2D eigenvalue weighted by Gasteiger charge is 2.10. The molecule has 0 saturated carbocycles. The second kappa shape index (κ2) is 3.81. The molecule has 0 aliphatic rings. The molecule has 3 aromatic rings. The first-order valence-corrected chi connectivity index (χ1v) is 6.35. The van der Waals surface area contributed by atoms with Crippen LogP contribution in [0.1, 0.15) is 22.3 Å². The number of hydrogen-bond acceptors (Lipinski definition) is 1. The highest BCUT2D eigenvalue weighted by Crippen LogP contribution is 2.30. The highest BCUT2D eigenvalue weighted by atomic mass is 14.7. The lowest BCUT2D eigenvalue weighted by Gasteiger charge is -2.14. The minimum atomic E-state index is 1.08. The number of hydrogen-bond donors (Lipinski definition) is 0. The standard InChI is InChI=1S/C17H17N/c1-10-11(2)13(4)17-15(12(10)3)9-14-7-5-6-8-16(14)18-17/h5-9H,1-4H3. The van der Waals surface area contributed by atoms with Crippen LogP contribution in [0, 0.1) is 27.7 Å². The summed E-state index contributed by atoms with van der Waals surface area (Å²) in [6.45, 7) is 8.76. The average molecular weight is 235 g/mol. The molecule has 1 aromatic heterocycles. The van der Waals surface area contributed by atoms with Gasteiger partial charge in [0.05, 0.1) is 11.0 Å². The Labute approximate surface area is 107 Å². The molecule has 2 aromatic carbocycles. The van der Waals surface area contributed by atoms with Crippen LogP contribution < -0.4 is 0 Å². The molecular weight excluding hydrogens is 218 g/mol. The molecule has 0 N–H and O–H groups in total. The molecular formula is C17H17N. The van der Waals surface area contributed by atoms with Gasteiger partial charge in [0.1, 0.15) is 0 Å². The van der Waals surface area contributed by atoms with Crippen molar-refractivity contribution in [3.05, 3.63) is 52.6 Å². The van der Waals surface area contributed by atoms with Gasteiger partial charge in [0.2, 0.25) is 0 Å².